The minimum atomic E-state index is -0.528. The fourth-order valence-corrected chi connectivity index (χ4v) is 0.977. The predicted octanol–water partition coefficient (Wildman–Crippen LogP) is 1.79. The Morgan fingerprint density at radius 2 is 2.07 bits per heavy atom. The van der Waals surface area contributed by atoms with E-state index < -0.39 is 5.97 Å². The SMILES string of the molecule is C/C([C]=O)=C\C(=O)OCc1ccccc1. The van der Waals surface area contributed by atoms with Gasteiger partial charge >= 0.3 is 5.97 Å². The van der Waals surface area contributed by atoms with Gasteiger partial charge in [-0.2, -0.15) is 0 Å². The highest BCUT2D eigenvalue weighted by molar-refractivity contribution is 5.89. The Kier molecular flexibility index (Phi) is 4.29. The smallest absolute Gasteiger partial charge is 0.331 e. The van der Waals surface area contributed by atoms with Gasteiger partial charge in [0.2, 0.25) is 6.29 Å². The second-order valence-corrected chi connectivity index (χ2v) is 3.02. The van der Waals surface area contributed by atoms with Crippen molar-refractivity contribution < 1.29 is 14.3 Å². The molecule has 0 aliphatic rings. The minimum Gasteiger partial charge on any atom is -0.458 e. The first kappa shape index (κ1) is 11.2. The summed E-state index contributed by atoms with van der Waals surface area (Å²) in [6, 6.07) is 9.33. The van der Waals surface area contributed by atoms with Gasteiger partial charge in [0.15, 0.2) is 0 Å². The molecule has 0 fully saturated rings. The van der Waals surface area contributed by atoms with Gasteiger partial charge in [-0.15, -0.1) is 0 Å². The topological polar surface area (TPSA) is 43.4 Å². The molecule has 1 radical (unpaired) electrons. The highest BCUT2D eigenvalue weighted by Gasteiger charge is 1.99. The van der Waals surface area contributed by atoms with Gasteiger partial charge in [0.1, 0.15) is 6.61 Å². The summed E-state index contributed by atoms with van der Waals surface area (Å²) in [6.07, 6.45) is 2.73. The van der Waals surface area contributed by atoms with Crippen LogP contribution in [0.5, 0.6) is 0 Å². The van der Waals surface area contributed by atoms with Crippen molar-refractivity contribution in [3.63, 3.8) is 0 Å². The van der Waals surface area contributed by atoms with E-state index in [-0.39, 0.29) is 12.2 Å². The van der Waals surface area contributed by atoms with E-state index in [1.165, 1.54) is 6.92 Å². The molecule has 3 heteroatoms. The molecule has 0 heterocycles. The minimum absolute atomic E-state index is 0.211. The first-order chi connectivity index (χ1) is 7.22. The molecule has 0 atom stereocenters. The van der Waals surface area contributed by atoms with E-state index in [0.717, 1.165) is 11.6 Å². The fraction of sp³-hybridized carbons (Fsp3) is 0.167. The van der Waals surface area contributed by atoms with Crippen molar-refractivity contribution >= 4 is 12.3 Å². The van der Waals surface area contributed by atoms with Crippen molar-refractivity contribution in [3.8, 4) is 0 Å². The van der Waals surface area contributed by atoms with Gasteiger partial charge in [-0.25, -0.2) is 4.79 Å². The second-order valence-electron chi connectivity index (χ2n) is 3.02. The summed E-state index contributed by atoms with van der Waals surface area (Å²) in [6.45, 7) is 1.71. The number of rotatable bonds is 4. The molecule has 1 aromatic carbocycles. The first-order valence-electron chi connectivity index (χ1n) is 4.49. The van der Waals surface area contributed by atoms with Crippen LogP contribution in [0.2, 0.25) is 0 Å². The third kappa shape index (κ3) is 4.22. The Bertz CT molecular complexity index is 366. The lowest BCUT2D eigenvalue weighted by Crippen LogP contribution is -2.01. The van der Waals surface area contributed by atoms with E-state index in [1.807, 2.05) is 30.3 Å². The van der Waals surface area contributed by atoms with Crippen LogP contribution in [-0.4, -0.2) is 12.3 Å². The average Bonchev–Trinajstić information content (AvgIpc) is 2.27. The highest BCUT2D eigenvalue weighted by Crippen LogP contribution is 2.01. The predicted molar refractivity (Wildman–Crippen MR) is 55.7 cm³/mol. The van der Waals surface area contributed by atoms with Crippen LogP contribution < -0.4 is 0 Å². The Morgan fingerprint density at radius 3 is 2.67 bits per heavy atom. The average molecular weight is 203 g/mol. The zero-order valence-corrected chi connectivity index (χ0v) is 8.40. The molecular formula is C12H11O3. The normalized spacial score (nSPS) is 10.9. The lowest BCUT2D eigenvalue weighted by atomic mass is 10.2. The molecule has 15 heavy (non-hydrogen) atoms. The van der Waals surface area contributed by atoms with Crippen molar-refractivity contribution in [2.24, 2.45) is 0 Å². The number of allylic oxidation sites excluding steroid dienone is 1. The first-order valence-corrected chi connectivity index (χ1v) is 4.49. The molecule has 0 aromatic heterocycles. The Morgan fingerprint density at radius 1 is 1.40 bits per heavy atom. The number of carbonyl (C=O) groups is 1. The van der Waals surface area contributed by atoms with E-state index >= 15 is 0 Å². The van der Waals surface area contributed by atoms with Crippen molar-refractivity contribution in [1.29, 1.82) is 0 Å². The van der Waals surface area contributed by atoms with Crippen LogP contribution in [0.15, 0.2) is 42.0 Å². The maximum Gasteiger partial charge on any atom is 0.331 e. The molecule has 77 valence electrons. The molecule has 0 spiro atoms. The van der Waals surface area contributed by atoms with Gasteiger partial charge in [0.25, 0.3) is 0 Å². The summed E-state index contributed by atoms with van der Waals surface area (Å²) >= 11 is 0. The molecular weight excluding hydrogens is 192 g/mol. The number of hydrogen-bond donors (Lipinski definition) is 0. The number of carbonyl (C=O) groups excluding carboxylic acids is 2. The van der Waals surface area contributed by atoms with Gasteiger partial charge in [0.05, 0.1) is 0 Å². The van der Waals surface area contributed by atoms with Crippen molar-refractivity contribution in [3.05, 3.63) is 47.5 Å². The number of benzene rings is 1. The van der Waals surface area contributed by atoms with Gasteiger partial charge in [-0.05, 0) is 12.5 Å². The van der Waals surface area contributed by atoms with Gasteiger partial charge in [-0.1, -0.05) is 30.3 Å². The summed E-state index contributed by atoms with van der Waals surface area (Å²) in [5, 5.41) is 0. The van der Waals surface area contributed by atoms with Crippen LogP contribution in [0.3, 0.4) is 0 Å². The summed E-state index contributed by atoms with van der Waals surface area (Å²) in [5.74, 6) is -0.528. The number of ether oxygens (including phenoxy) is 1. The van der Waals surface area contributed by atoms with Crippen LogP contribution in [0.4, 0.5) is 0 Å². The summed E-state index contributed by atoms with van der Waals surface area (Å²) in [7, 11) is 0. The second kappa shape index (κ2) is 5.75. The van der Waals surface area contributed by atoms with Crippen LogP contribution >= 0.6 is 0 Å². The lowest BCUT2D eigenvalue weighted by molar-refractivity contribution is -0.139. The third-order valence-corrected chi connectivity index (χ3v) is 1.72. The van der Waals surface area contributed by atoms with Crippen molar-refractivity contribution in [1.82, 2.24) is 0 Å². The highest BCUT2D eigenvalue weighted by atomic mass is 16.5. The third-order valence-electron chi connectivity index (χ3n) is 1.72. The number of esters is 1. The molecule has 3 nitrogen and oxygen atoms in total. The Balaban J connectivity index is 2.45. The molecule has 0 unspecified atom stereocenters. The molecule has 0 bridgehead atoms. The molecule has 0 aliphatic carbocycles. The van der Waals surface area contributed by atoms with Crippen LogP contribution in [0, 0.1) is 0 Å². The maximum atomic E-state index is 11.1. The Hall–Kier alpha value is -1.90. The fourth-order valence-electron chi connectivity index (χ4n) is 0.977. The lowest BCUT2D eigenvalue weighted by Gasteiger charge is -2.01. The zero-order valence-electron chi connectivity index (χ0n) is 8.40. The standard InChI is InChI=1S/C12H11O3/c1-10(8-13)7-12(14)15-9-11-5-3-2-4-6-11/h2-7H,9H2,1H3/b10-7+. The largest absolute Gasteiger partial charge is 0.458 e. The maximum absolute atomic E-state index is 11.1. The van der Waals surface area contributed by atoms with Crippen LogP contribution in [0.1, 0.15) is 12.5 Å². The quantitative estimate of drug-likeness (QED) is 0.553. The molecule has 0 saturated heterocycles. The van der Waals surface area contributed by atoms with Crippen molar-refractivity contribution in [2.75, 3.05) is 0 Å². The van der Waals surface area contributed by atoms with E-state index in [1.54, 1.807) is 6.29 Å². The molecule has 1 aromatic rings. The monoisotopic (exact) mass is 203 g/mol. The summed E-state index contributed by atoms with van der Waals surface area (Å²) in [4.78, 5) is 21.2. The molecule has 0 aliphatic heterocycles. The van der Waals surface area contributed by atoms with E-state index in [0.29, 0.717) is 0 Å². The Labute approximate surface area is 88.4 Å². The number of hydrogen-bond acceptors (Lipinski definition) is 3. The summed E-state index contributed by atoms with van der Waals surface area (Å²) in [5.41, 5.74) is 1.14. The van der Waals surface area contributed by atoms with Gasteiger partial charge in [0, 0.05) is 11.6 Å². The van der Waals surface area contributed by atoms with Crippen molar-refractivity contribution in [2.45, 2.75) is 13.5 Å². The van der Waals surface area contributed by atoms with E-state index in [4.69, 9.17) is 4.74 Å². The van der Waals surface area contributed by atoms with E-state index in [9.17, 15) is 9.59 Å². The summed E-state index contributed by atoms with van der Waals surface area (Å²) < 4.78 is 4.91. The van der Waals surface area contributed by atoms with E-state index in [2.05, 4.69) is 0 Å². The molecule has 0 amide bonds. The molecule has 0 saturated carbocycles. The zero-order chi connectivity index (χ0) is 11.1. The van der Waals surface area contributed by atoms with Gasteiger partial charge in [-0.3, -0.25) is 4.79 Å². The van der Waals surface area contributed by atoms with Crippen LogP contribution in [0.25, 0.3) is 0 Å². The molecule has 0 N–H and O–H groups in total. The van der Waals surface area contributed by atoms with Crippen LogP contribution in [-0.2, 0) is 20.9 Å². The molecule has 1 rings (SSSR count). The van der Waals surface area contributed by atoms with Gasteiger partial charge < -0.3 is 4.74 Å².